The SMILES string of the molecule is Cc1c(-c2c[nH]c(C(=NC=N)N3CCN(c4ncc(Cc5ccccc5)cn4)[C@H](C)C3)c2)cnn1C. The number of aromatic amines is 1. The van der Waals surface area contributed by atoms with Crippen molar-refractivity contribution in [3.8, 4) is 11.1 Å². The molecular weight excluding hydrogens is 450 g/mol. The molecule has 2 N–H and O–H groups in total. The van der Waals surface area contributed by atoms with Crippen LogP contribution in [-0.4, -0.2) is 67.5 Å². The number of amidine groups is 1. The third kappa shape index (κ3) is 4.77. The van der Waals surface area contributed by atoms with E-state index in [-0.39, 0.29) is 6.04 Å². The summed E-state index contributed by atoms with van der Waals surface area (Å²) in [5.74, 6) is 1.52. The third-order valence-electron chi connectivity index (χ3n) is 6.78. The third-order valence-corrected chi connectivity index (χ3v) is 6.78. The van der Waals surface area contributed by atoms with Crippen LogP contribution >= 0.6 is 0 Å². The molecule has 4 aromatic rings. The summed E-state index contributed by atoms with van der Waals surface area (Å²) in [5.41, 5.74) is 6.48. The first-order valence-electron chi connectivity index (χ1n) is 12.1. The molecule has 1 aromatic carbocycles. The second-order valence-corrected chi connectivity index (χ2v) is 9.19. The molecule has 3 aromatic heterocycles. The Bertz CT molecular complexity index is 1350. The standard InChI is InChI=1S/C27H31N9/c1-19-17-35(26(32-18-28)25-12-23(15-29-25)24-16-33-34(3)20(24)2)9-10-36(19)27-30-13-22(14-31-27)11-21-7-5-4-6-8-21/h4-8,12-16,18-19,28-29H,9-11,17H2,1-3H3/t19-/m1/s1. The highest BCUT2D eigenvalue weighted by Crippen LogP contribution is 2.25. The number of nitrogens with one attached hydrogen (secondary N) is 2. The molecule has 1 atom stereocenters. The summed E-state index contributed by atoms with van der Waals surface area (Å²) < 4.78 is 1.87. The normalized spacial score (nSPS) is 16.4. The maximum absolute atomic E-state index is 7.64. The van der Waals surface area contributed by atoms with Crippen LogP contribution in [0, 0.1) is 12.3 Å². The zero-order chi connectivity index (χ0) is 25.1. The molecule has 4 heterocycles. The van der Waals surface area contributed by atoms with Crippen molar-refractivity contribution in [2.45, 2.75) is 26.3 Å². The average Bonchev–Trinajstić information content (AvgIpc) is 3.50. The number of anilines is 1. The summed E-state index contributed by atoms with van der Waals surface area (Å²) in [4.78, 5) is 21.6. The first-order chi connectivity index (χ1) is 17.5. The summed E-state index contributed by atoms with van der Waals surface area (Å²) in [6.45, 7) is 6.51. The summed E-state index contributed by atoms with van der Waals surface area (Å²) in [6, 6.07) is 12.6. The number of hydrogen-bond donors (Lipinski definition) is 2. The number of aryl methyl sites for hydroxylation is 1. The van der Waals surface area contributed by atoms with Gasteiger partial charge in [-0.25, -0.2) is 15.0 Å². The zero-order valence-corrected chi connectivity index (χ0v) is 20.9. The molecule has 1 saturated heterocycles. The Labute approximate surface area is 211 Å². The van der Waals surface area contributed by atoms with E-state index in [0.717, 1.165) is 72.3 Å². The highest BCUT2D eigenvalue weighted by Gasteiger charge is 2.28. The number of piperazine rings is 1. The Balaban J connectivity index is 1.28. The number of rotatable bonds is 6. The van der Waals surface area contributed by atoms with Crippen molar-refractivity contribution in [3.05, 3.63) is 83.7 Å². The van der Waals surface area contributed by atoms with E-state index in [2.05, 4.69) is 79.0 Å². The number of H-pyrrole nitrogens is 1. The molecule has 0 unspecified atom stereocenters. The smallest absolute Gasteiger partial charge is 0.225 e. The topological polar surface area (TPSA) is 102 Å². The molecule has 0 spiro atoms. The van der Waals surface area contributed by atoms with E-state index in [1.165, 1.54) is 5.56 Å². The Kier molecular flexibility index (Phi) is 6.62. The fourth-order valence-electron chi connectivity index (χ4n) is 4.71. The quantitative estimate of drug-likeness (QED) is 0.323. The van der Waals surface area contributed by atoms with E-state index >= 15 is 0 Å². The summed E-state index contributed by atoms with van der Waals surface area (Å²) in [7, 11) is 1.94. The minimum atomic E-state index is 0.185. The van der Waals surface area contributed by atoms with Crippen molar-refractivity contribution in [2.24, 2.45) is 12.0 Å². The van der Waals surface area contributed by atoms with E-state index in [9.17, 15) is 0 Å². The molecule has 9 nitrogen and oxygen atoms in total. The average molecular weight is 482 g/mol. The molecule has 36 heavy (non-hydrogen) atoms. The highest BCUT2D eigenvalue weighted by atomic mass is 15.4. The van der Waals surface area contributed by atoms with Crippen molar-refractivity contribution in [1.82, 2.24) is 29.6 Å². The van der Waals surface area contributed by atoms with Gasteiger partial charge in [0.2, 0.25) is 5.95 Å². The molecule has 9 heteroatoms. The van der Waals surface area contributed by atoms with Crippen LogP contribution in [0.5, 0.6) is 0 Å². The van der Waals surface area contributed by atoms with Crippen LogP contribution in [0.1, 0.15) is 29.4 Å². The second-order valence-electron chi connectivity index (χ2n) is 9.19. The van der Waals surface area contributed by atoms with E-state index in [1.54, 1.807) is 0 Å². The first kappa shape index (κ1) is 23.5. The van der Waals surface area contributed by atoms with Crippen molar-refractivity contribution in [3.63, 3.8) is 0 Å². The molecular formula is C27H31N9. The summed E-state index contributed by atoms with van der Waals surface area (Å²) in [6.07, 6.45) is 9.64. The lowest BCUT2D eigenvalue weighted by Gasteiger charge is -2.41. The van der Waals surface area contributed by atoms with Crippen LogP contribution in [0.2, 0.25) is 0 Å². The number of nitrogens with zero attached hydrogens (tertiary/aromatic N) is 7. The summed E-state index contributed by atoms with van der Waals surface area (Å²) >= 11 is 0. The Morgan fingerprint density at radius 2 is 1.92 bits per heavy atom. The molecule has 0 radical (unpaired) electrons. The predicted octanol–water partition coefficient (Wildman–Crippen LogP) is 3.67. The zero-order valence-electron chi connectivity index (χ0n) is 20.9. The van der Waals surface area contributed by atoms with E-state index in [1.807, 2.05) is 42.6 Å². The lowest BCUT2D eigenvalue weighted by Crippen LogP contribution is -2.54. The molecule has 0 amide bonds. The molecule has 0 bridgehead atoms. The molecule has 1 aliphatic rings. The molecule has 0 saturated carbocycles. The fourth-order valence-corrected chi connectivity index (χ4v) is 4.71. The van der Waals surface area contributed by atoms with Crippen LogP contribution in [-0.2, 0) is 13.5 Å². The van der Waals surface area contributed by atoms with Gasteiger partial charge in [-0.05, 0) is 31.0 Å². The highest BCUT2D eigenvalue weighted by molar-refractivity contribution is 6.02. The van der Waals surface area contributed by atoms with E-state index in [4.69, 9.17) is 5.41 Å². The van der Waals surface area contributed by atoms with Gasteiger partial charge in [0.05, 0.1) is 11.9 Å². The van der Waals surface area contributed by atoms with Gasteiger partial charge < -0.3 is 14.8 Å². The van der Waals surface area contributed by atoms with Crippen LogP contribution in [0.3, 0.4) is 0 Å². The van der Waals surface area contributed by atoms with Crippen LogP contribution < -0.4 is 4.90 Å². The van der Waals surface area contributed by atoms with Gasteiger partial charge >= 0.3 is 0 Å². The lowest BCUT2D eigenvalue weighted by molar-refractivity contribution is 0.335. The van der Waals surface area contributed by atoms with E-state index in [0.29, 0.717) is 0 Å². The van der Waals surface area contributed by atoms with Gasteiger partial charge in [0, 0.05) is 74.6 Å². The molecule has 0 aliphatic carbocycles. The molecule has 1 fully saturated rings. The van der Waals surface area contributed by atoms with Gasteiger partial charge in [0.1, 0.15) is 6.34 Å². The van der Waals surface area contributed by atoms with Crippen molar-refractivity contribution >= 4 is 18.1 Å². The molecule has 5 rings (SSSR count). The monoisotopic (exact) mass is 481 g/mol. The largest absolute Gasteiger partial charge is 0.358 e. The summed E-state index contributed by atoms with van der Waals surface area (Å²) in [5, 5.41) is 12.0. The maximum atomic E-state index is 7.64. The van der Waals surface area contributed by atoms with Gasteiger partial charge in [0.15, 0.2) is 5.84 Å². The van der Waals surface area contributed by atoms with Gasteiger partial charge in [0.25, 0.3) is 0 Å². The Morgan fingerprint density at radius 1 is 1.14 bits per heavy atom. The van der Waals surface area contributed by atoms with Crippen molar-refractivity contribution in [1.29, 1.82) is 5.41 Å². The van der Waals surface area contributed by atoms with Gasteiger partial charge in [-0.15, -0.1) is 0 Å². The van der Waals surface area contributed by atoms with Crippen LogP contribution in [0.15, 0.2) is 66.2 Å². The predicted molar refractivity (Wildman–Crippen MR) is 143 cm³/mol. The number of aromatic nitrogens is 5. The minimum Gasteiger partial charge on any atom is -0.358 e. The number of benzene rings is 1. The van der Waals surface area contributed by atoms with E-state index < -0.39 is 0 Å². The number of aliphatic imine (C=N–C) groups is 1. The van der Waals surface area contributed by atoms with Gasteiger partial charge in [-0.1, -0.05) is 30.3 Å². The van der Waals surface area contributed by atoms with Crippen LogP contribution in [0.4, 0.5) is 5.95 Å². The van der Waals surface area contributed by atoms with Crippen molar-refractivity contribution < 1.29 is 0 Å². The lowest BCUT2D eigenvalue weighted by atomic mass is 10.1. The Hall–Kier alpha value is -4.27. The Morgan fingerprint density at radius 3 is 2.58 bits per heavy atom. The molecule has 1 aliphatic heterocycles. The first-order valence-corrected chi connectivity index (χ1v) is 12.1. The fraction of sp³-hybridized carbons (Fsp3) is 0.296. The molecule has 184 valence electrons. The van der Waals surface area contributed by atoms with Gasteiger partial charge in [-0.2, -0.15) is 5.10 Å². The number of hydrogen-bond acceptors (Lipinski definition) is 5. The van der Waals surface area contributed by atoms with Crippen molar-refractivity contribution in [2.75, 3.05) is 24.5 Å². The maximum Gasteiger partial charge on any atom is 0.225 e. The van der Waals surface area contributed by atoms with Gasteiger partial charge in [-0.3, -0.25) is 10.1 Å². The van der Waals surface area contributed by atoms with Crippen LogP contribution in [0.25, 0.3) is 11.1 Å². The minimum absolute atomic E-state index is 0.185. The second kappa shape index (κ2) is 10.2.